The van der Waals surface area contributed by atoms with Crippen molar-refractivity contribution in [2.24, 2.45) is 0 Å². The van der Waals surface area contributed by atoms with Crippen LogP contribution in [0.15, 0.2) is 23.4 Å². The van der Waals surface area contributed by atoms with Gasteiger partial charge in [-0.2, -0.15) is 4.31 Å². The monoisotopic (exact) mass is 271 g/mol. The van der Waals surface area contributed by atoms with E-state index in [9.17, 15) is 8.42 Å². The Morgan fingerprint density at radius 3 is 2.67 bits per heavy atom. The summed E-state index contributed by atoms with van der Waals surface area (Å²) >= 11 is 0. The van der Waals surface area contributed by atoms with Crippen molar-refractivity contribution < 1.29 is 8.42 Å². The first-order valence-corrected chi connectivity index (χ1v) is 7.52. The molecule has 0 radical (unpaired) electrons. The van der Waals surface area contributed by atoms with Gasteiger partial charge in [0.15, 0.2) is 5.03 Å². The average molecular weight is 271 g/mol. The highest BCUT2D eigenvalue weighted by atomic mass is 32.2. The molecular formula is C12H21N3O2S. The molecule has 0 spiro atoms. The molecule has 102 valence electrons. The van der Waals surface area contributed by atoms with E-state index in [4.69, 9.17) is 0 Å². The summed E-state index contributed by atoms with van der Waals surface area (Å²) in [5.41, 5.74) is 0.562. The molecule has 0 atom stereocenters. The lowest BCUT2D eigenvalue weighted by Gasteiger charge is -2.21. The number of anilines is 1. The molecule has 1 N–H and O–H groups in total. The molecule has 1 aromatic rings. The zero-order valence-electron chi connectivity index (χ0n) is 11.3. The standard InChI is InChI=1S/C12H21N3O2S/c1-5-8-13-11-7-6-9-14-12(11)18(16,17)15(4)10(2)3/h6-7,9-10,13H,5,8H2,1-4H3. The number of hydrogen-bond acceptors (Lipinski definition) is 4. The number of sulfonamides is 1. The second-order valence-electron chi connectivity index (χ2n) is 4.40. The third-order valence-electron chi connectivity index (χ3n) is 2.69. The van der Waals surface area contributed by atoms with Crippen molar-refractivity contribution in [3.63, 3.8) is 0 Å². The third kappa shape index (κ3) is 3.20. The summed E-state index contributed by atoms with van der Waals surface area (Å²) < 4.78 is 26.1. The van der Waals surface area contributed by atoms with Crippen LogP contribution in [0.3, 0.4) is 0 Å². The van der Waals surface area contributed by atoms with Gasteiger partial charge in [-0.05, 0) is 32.4 Å². The van der Waals surface area contributed by atoms with E-state index < -0.39 is 10.0 Å². The molecule has 0 saturated carbocycles. The highest BCUT2D eigenvalue weighted by Crippen LogP contribution is 2.22. The molecule has 18 heavy (non-hydrogen) atoms. The number of hydrogen-bond donors (Lipinski definition) is 1. The number of pyridine rings is 1. The molecule has 1 heterocycles. The van der Waals surface area contributed by atoms with Crippen LogP contribution in [0, 0.1) is 0 Å². The second kappa shape index (κ2) is 6.15. The number of aromatic nitrogens is 1. The molecule has 0 bridgehead atoms. The molecular weight excluding hydrogens is 250 g/mol. The quantitative estimate of drug-likeness (QED) is 0.859. The molecule has 1 aromatic heterocycles. The molecule has 6 heteroatoms. The molecule has 0 aliphatic carbocycles. The van der Waals surface area contributed by atoms with Gasteiger partial charge in [0.05, 0.1) is 5.69 Å². The van der Waals surface area contributed by atoms with Gasteiger partial charge in [-0.25, -0.2) is 13.4 Å². The smallest absolute Gasteiger partial charge is 0.262 e. The van der Waals surface area contributed by atoms with Crippen LogP contribution in [0.4, 0.5) is 5.69 Å². The van der Waals surface area contributed by atoms with Crippen LogP contribution >= 0.6 is 0 Å². The number of rotatable bonds is 6. The van der Waals surface area contributed by atoms with E-state index in [1.807, 2.05) is 20.8 Å². The van der Waals surface area contributed by atoms with Gasteiger partial charge in [-0.3, -0.25) is 0 Å². The zero-order chi connectivity index (χ0) is 13.8. The first-order valence-electron chi connectivity index (χ1n) is 6.08. The van der Waals surface area contributed by atoms with E-state index in [0.717, 1.165) is 13.0 Å². The molecule has 5 nitrogen and oxygen atoms in total. The minimum absolute atomic E-state index is 0.0923. The molecule has 0 fully saturated rings. The average Bonchev–Trinajstić information content (AvgIpc) is 2.35. The fourth-order valence-corrected chi connectivity index (χ4v) is 2.84. The van der Waals surface area contributed by atoms with Crippen LogP contribution < -0.4 is 5.32 Å². The molecule has 0 saturated heterocycles. The minimum Gasteiger partial charge on any atom is -0.383 e. The largest absolute Gasteiger partial charge is 0.383 e. The first-order chi connectivity index (χ1) is 8.41. The summed E-state index contributed by atoms with van der Waals surface area (Å²) in [6.07, 6.45) is 2.42. The highest BCUT2D eigenvalue weighted by molar-refractivity contribution is 7.89. The van der Waals surface area contributed by atoms with Crippen LogP contribution in [-0.2, 0) is 10.0 Å². The van der Waals surface area contributed by atoms with Crippen molar-refractivity contribution in [2.45, 2.75) is 38.3 Å². The van der Waals surface area contributed by atoms with Gasteiger partial charge in [-0.1, -0.05) is 6.92 Å². The predicted molar refractivity (Wildman–Crippen MR) is 73.1 cm³/mol. The Balaban J connectivity index is 3.16. The first kappa shape index (κ1) is 14.9. The molecule has 0 aliphatic heterocycles. The van der Waals surface area contributed by atoms with Crippen molar-refractivity contribution in [3.05, 3.63) is 18.3 Å². The normalized spacial score (nSPS) is 12.1. The summed E-state index contributed by atoms with van der Waals surface area (Å²) in [7, 11) is -1.97. The lowest BCUT2D eigenvalue weighted by molar-refractivity contribution is 0.409. The van der Waals surface area contributed by atoms with Gasteiger partial charge in [0, 0.05) is 25.8 Å². The van der Waals surface area contributed by atoms with Crippen LogP contribution in [0.2, 0.25) is 0 Å². The summed E-state index contributed by atoms with van der Waals surface area (Å²) in [5, 5.41) is 3.19. The molecule has 0 aliphatic rings. The molecule has 0 unspecified atom stereocenters. The maximum Gasteiger partial charge on any atom is 0.262 e. The number of nitrogens with zero attached hydrogens (tertiary/aromatic N) is 2. The SMILES string of the molecule is CCCNc1cccnc1S(=O)(=O)N(C)C(C)C. The van der Waals surface area contributed by atoms with Crippen molar-refractivity contribution in [2.75, 3.05) is 18.9 Å². The summed E-state index contributed by atoms with van der Waals surface area (Å²) in [6, 6.07) is 3.37. The van der Waals surface area contributed by atoms with E-state index in [2.05, 4.69) is 10.3 Å². The number of nitrogens with one attached hydrogen (secondary N) is 1. The van der Waals surface area contributed by atoms with E-state index in [-0.39, 0.29) is 11.1 Å². The third-order valence-corrected chi connectivity index (χ3v) is 4.68. The van der Waals surface area contributed by atoms with E-state index in [1.165, 1.54) is 10.5 Å². The maximum absolute atomic E-state index is 12.4. The van der Waals surface area contributed by atoms with E-state index in [0.29, 0.717) is 5.69 Å². The Labute approximate surface area is 109 Å². The molecule has 0 aromatic carbocycles. The summed E-state index contributed by atoms with van der Waals surface area (Å²) in [5.74, 6) is 0. The van der Waals surface area contributed by atoms with Crippen LogP contribution in [0.25, 0.3) is 0 Å². The van der Waals surface area contributed by atoms with Crippen molar-refractivity contribution in [1.82, 2.24) is 9.29 Å². The van der Waals surface area contributed by atoms with Gasteiger partial charge in [0.2, 0.25) is 0 Å². The van der Waals surface area contributed by atoms with Gasteiger partial charge in [0.25, 0.3) is 10.0 Å². The summed E-state index contributed by atoms with van der Waals surface area (Å²) in [4.78, 5) is 4.01. The Hall–Kier alpha value is -1.14. The lowest BCUT2D eigenvalue weighted by Crippen LogP contribution is -2.34. The second-order valence-corrected chi connectivity index (χ2v) is 6.31. The Morgan fingerprint density at radius 2 is 2.11 bits per heavy atom. The highest BCUT2D eigenvalue weighted by Gasteiger charge is 2.27. The fraction of sp³-hybridized carbons (Fsp3) is 0.583. The lowest BCUT2D eigenvalue weighted by atomic mass is 10.4. The molecule has 0 amide bonds. The fourth-order valence-electron chi connectivity index (χ4n) is 1.40. The van der Waals surface area contributed by atoms with E-state index in [1.54, 1.807) is 19.2 Å². The Kier molecular flexibility index (Phi) is 5.10. The predicted octanol–water partition coefficient (Wildman–Crippen LogP) is 1.93. The van der Waals surface area contributed by atoms with E-state index >= 15 is 0 Å². The maximum atomic E-state index is 12.4. The van der Waals surface area contributed by atoms with Crippen molar-refractivity contribution >= 4 is 15.7 Å². The summed E-state index contributed by atoms with van der Waals surface area (Å²) in [6.45, 7) is 6.41. The molecule has 1 rings (SSSR count). The Bertz CT molecular complexity index is 486. The van der Waals surface area contributed by atoms with Crippen molar-refractivity contribution in [3.8, 4) is 0 Å². The van der Waals surface area contributed by atoms with Crippen LogP contribution in [0.1, 0.15) is 27.2 Å². The van der Waals surface area contributed by atoms with Gasteiger partial charge < -0.3 is 5.32 Å². The van der Waals surface area contributed by atoms with Crippen LogP contribution in [0.5, 0.6) is 0 Å². The minimum atomic E-state index is -3.54. The van der Waals surface area contributed by atoms with Gasteiger partial charge >= 0.3 is 0 Å². The zero-order valence-corrected chi connectivity index (χ0v) is 12.2. The van der Waals surface area contributed by atoms with Crippen molar-refractivity contribution in [1.29, 1.82) is 0 Å². The van der Waals surface area contributed by atoms with Crippen LogP contribution in [-0.4, -0.2) is 37.3 Å². The van der Waals surface area contributed by atoms with Gasteiger partial charge in [0.1, 0.15) is 0 Å². The van der Waals surface area contributed by atoms with Gasteiger partial charge in [-0.15, -0.1) is 0 Å². The Morgan fingerprint density at radius 1 is 1.44 bits per heavy atom. The topological polar surface area (TPSA) is 62.3 Å².